The third kappa shape index (κ3) is 3.20. The highest BCUT2D eigenvalue weighted by Crippen LogP contribution is 2.35. The van der Waals surface area contributed by atoms with Crippen molar-refractivity contribution in [1.29, 1.82) is 0 Å². The van der Waals surface area contributed by atoms with Crippen LogP contribution in [0.2, 0.25) is 0 Å². The number of pyridine rings is 1. The van der Waals surface area contributed by atoms with Crippen molar-refractivity contribution in [2.45, 2.75) is 12.5 Å². The monoisotopic (exact) mass is 443 g/mol. The highest BCUT2D eigenvalue weighted by atomic mass is 79.9. The van der Waals surface area contributed by atoms with Crippen LogP contribution < -0.4 is 15.0 Å². The first kappa shape index (κ1) is 18.7. The molecule has 1 aliphatic heterocycles. The standard InChI is InChI=1S/C21H19BrFN3O2/c1-26(2)20-13-7-8-15(23)18(22)19(13)24-11-14(20)21(27)25-16-9-10-28-17-6-4-3-5-12(16)17/h3-8,11,16H,9-10H2,1-2H3,(H,25,27)/t16-/m0/s1. The molecule has 2 heterocycles. The normalized spacial score (nSPS) is 15.6. The summed E-state index contributed by atoms with van der Waals surface area (Å²) in [5.74, 6) is 0.184. The van der Waals surface area contributed by atoms with Crippen molar-refractivity contribution < 1.29 is 13.9 Å². The van der Waals surface area contributed by atoms with E-state index >= 15 is 0 Å². The molecule has 0 aliphatic carbocycles. The van der Waals surface area contributed by atoms with Gasteiger partial charge in [-0.3, -0.25) is 9.78 Å². The van der Waals surface area contributed by atoms with Gasteiger partial charge < -0.3 is 15.0 Å². The van der Waals surface area contributed by atoms with Gasteiger partial charge >= 0.3 is 0 Å². The Kier molecular flexibility index (Phi) is 4.93. The number of nitrogens with zero attached hydrogens (tertiary/aromatic N) is 2. The fourth-order valence-electron chi connectivity index (χ4n) is 3.57. The Morgan fingerprint density at radius 2 is 2.07 bits per heavy atom. The molecule has 0 spiro atoms. The predicted molar refractivity (Wildman–Crippen MR) is 110 cm³/mol. The summed E-state index contributed by atoms with van der Waals surface area (Å²) >= 11 is 3.25. The van der Waals surface area contributed by atoms with Gasteiger partial charge in [-0.1, -0.05) is 18.2 Å². The molecule has 0 fully saturated rings. The van der Waals surface area contributed by atoms with Gasteiger partial charge in [0.25, 0.3) is 5.91 Å². The highest BCUT2D eigenvalue weighted by Gasteiger charge is 2.25. The molecule has 1 atom stereocenters. The van der Waals surface area contributed by atoms with Crippen molar-refractivity contribution in [3.63, 3.8) is 0 Å². The van der Waals surface area contributed by atoms with Crippen LogP contribution in [-0.2, 0) is 0 Å². The molecule has 0 saturated heterocycles. The Labute approximate surface area is 170 Å². The lowest BCUT2D eigenvalue weighted by Crippen LogP contribution is -2.33. The van der Waals surface area contributed by atoms with Crippen LogP contribution in [0.3, 0.4) is 0 Å². The second kappa shape index (κ2) is 7.39. The summed E-state index contributed by atoms with van der Waals surface area (Å²) in [6.07, 6.45) is 2.19. The van der Waals surface area contributed by atoms with E-state index in [9.17, 15) is 9.18 Å². The lowest BCUT2D eigenvalue weighted by atomic mass is 10.00. The summed E-state index contributed by atoms with van der Waals surface area (Å²) < 4.78 is 19.9. The smallest absolute Gasteiger partial charge is 0.255 e. The van der Waals surface area contributed by atoms with E-state index in [1.165, 1.54) is 12.3 Å². The van der Waals surface area contributed by atoms with Crippen LogP contribution in [0, 0.1) is 5.82 Å². The minimum Gasteiger partial charge on any atom is -0.493 e. The topological polar surface area (TPSA) is 54.5 Å². The number of hydrogen-bond acceptors (Lipinski definition) is 4. The number of carbonyl (C=O) groups excluding carboxylic acids is 1. The number of halogens is 2. The van der Waals surface area contributed by atoms with Gasteiger partial charge in [-0.2, -0.15) is 0 Å². The number of hydrogen-bond donors (Lipinski definition) is 1. The van der Waals surface area contributed by atoms with E-state index in [2.05, 4.69) is 26.2 Å². The van der Waals surface area contributed by atoms with Crippen molar-refractivity contribution in [3.8, 4) is 5.75 Å². The first-order valence-corrected chi connectivity index (χ1v) is 9.73. The zero-order valence-electron chi connectivity index (χ0n) is 15.5. The van der Waals surface area contributed by atoms with Gasteiger partial charge in [-0.15, -0.1) is 0 Å². The third-order valence-corrected chi connectivity index (χ3v) is 5.61. The highest BCUT2D eigenvalue weighted by molar-refractivity contribution is 9.10. The summed E-state index contributed by atoms with van der Waals surface area (Å²) in [7, 11) is 3.71. The molecule has 1 amide bonds. The number of aromatic nitrogens is 1. The van der Waals surface area contributed by atoms with Crippen LogP contribution in [0.15, 0.2) is 47.1 Å². The molecule has 7 heteroatoms. The van der Waals surface area contributed by atoms with Crippen molar-refractivity contribution >= 4 is 38.4 Å². The van der Waals surface area contributed by atoms with Crippen LogP contribution in [0.4, 0.5) is 10.1 Å². The number of fused-ring (bicyclic) bond motifs is 2. The molecule has 0 bridgehead atoms. The Bertz CT molecular complexity index is 1070. The first-order valence-electron chi connectivity index (χ1n) is 8.94. The SMILES string of the molecule is CN(C)c1c(C(=O)N[C@H]2CCOc3ccccc32)cnc2c(Br)c(F)ccc12. The molecule has 28 heavy (non-hydrogen) atoms. The number of carbonyl (C=O) groups is 1. The summed E-state index contributed by atoms with van der Waals surface area (Å²) in [6.45, 7) is 0.546. The van der Waals surface area contributed by atoms with E-state index in [1.807, 2.05) is 43.3 Å². The maximum atomic E-state index is 13.9. The van der Waals surface area contributed by atoms with Gasteiger partial charge in [0, 0.05) is 37.7 Å². The summed E-state index contributed by atoms with van der Waals surface area (Å²) in [6, 6.07) is 10.6. The van der Waals surface area contributed by atoms with Gasteiger partial charge in [0.1, 0.15) is 11.6 Å². The number of ether oxygens (including phenoxy) is 1. The van der Waals surface area contributed by atoms with Crippen LogP contribution in [0.5, 0.6) is 5.75 Å². The van der Waals surface area contributed by atoms with Gasteiger partial charge in [0.15, 0.2) is 0 Å². The molecule has 3 aromatic rings. The fraction of sp³-hybridized carbons (Fsp3) is 0.238. The van der Waals surface area contributed by atoms with Gasteiger partial charge in [-0.25, -0.2) is 4.39 Å². The molecular formula is C21H19BrFN3O2. The Hall–Kier alpha value is -2.67. The Morgan fingerprint density at radius 3 is 2.86 bits per heavy atom. The van der Waals surface area contributed by atoms with Crippen molar-refractivity contribution in [3.05, 3.63) is 64.0 Å². The van der Waals surface area contributed by atoms with Crippen LogP contribution in [0.25, 0.3) is 10.9 Å². The molecule has 5 nitrogen and oxygen atoms in total. The van der Waals surface area contributed by atoms with E-state index in [-0.39, 0.29) is 17.8 Å². The van der Waals surface area contributed by atoms with E-state index in [4.69, 9.17) is 4.74 Å². The third-order valence-electron chi connectivity index (χ3n) is 4.86. The van der Waals surface area contributed by atoms with Crippen LogP contribution in [0.1, 0.15) is 28.4 Å². The van der Waals surface area contributed by atoms with Gasteiger partial charge in [0.05, 0.1) is 33.9 Å². The fourth-order valence-corrected chi connectivity index (χ4v) is 4.02. The molecule has 0 unspecified atom stereocenters. The lowest BCUT2D eigenvalue weighted by molar-refractivity contribution is 0.0925. The number of amides is 1. The molecule has 1 aromatic heterocycles. The largest absolute Gasteiger partial charge is 0.493 e. The second-order valence-electron chi connectivity index (χ2n) is 6.87. The number of para-hydroxylation sites is 1. The zero-order chi connectivity index (χ0) is 19.8. The second-order valence-corrected chi connectivity index (χ2v) is 7.67. The quantitative estimate of drug-likeness (QED) is 0.649. The van der Waals surface area contributed by atoms with Crippen LogP contribution in [-0.4, -0.2) is 31.6 Å². The molecular weight excluding hydrogens is 425 g/mol. The van der Waals surface area contributed by atoms with E-state index in [1.54, 1.807) is 6.07 Å². The molecule has 144 valence electrons. The average Bonchev–Trinajstić information content (AvgIpc) is 2.70. The number of rotatable bonds is 3. The van der Waals surface area contributed by atoms with E-state index in [0.717, 1.165) is 11.3 Å². The molecule has 1 N–H and O–H groups in total. The average molecular weight is 444 g/mol. The van der Waals surface area contributed by atoms with Crippen molar-refractivity contribution in [1.82, 2.24) is 10.3 Å². The summed E-state index contributed by atoms with van der Waals surface area (Å²) in [5, 5.41) is 3.81. The molecule has 1 aliphatic rings. The summed E-state index contributed by atoms with van der Waals surface area (Å²) in [5.41, 5.74) is 2.59. The lowest BCUT2D eigenvalue weighted by Gasteiger charge is -2.27. The van der Waals surface area contributed by atoms with E-state index in [0.29, 0.717) is 39.7 Å². The number of anilines is 1. The molecule has 0 radical (unpaired) electrons. The zero-order valence-corrected chi connectivity index (χ0v) is 17.1. The van der Waals surface area contributed by atoms with Gasteiger partial charge in [0.2, 0.25) is 0 Å². The van der Waals surface area contributed by atoms with E-state index < -0.39 is 0 Å². The summed E-state index contributed by atoms with van der Waals surface area (Å²) in [4.78, 5) is 19.3. The minimum absolute atomic E-state index is 0.136. The Balaban J connectivity index is 1.74. The van der Waals surface area contributed by atoms with Crippen molar-refractivity contribution in [2.24, 2.45) is 0 Å². The maximum absolute atomic E-state index is 13.9. The molecule has 2 aromatic carbocycles. The number of nitrogens with one attached hydrogen (secondary N) is 1. The first-order chi connectivity index (χ1) is 13.5. The molecule has 4 rings (SSSR count). The van der Waals surface area contributed by atoms with Crippen LogP contribution >= 0.6 is 15.9 Å². The van der Waals surface area contributed by atoms with Crippen molar-refractivity contribution in [2.75, 3.05) is 25.6 Å². The Morgan fingerprint density at radius 1 is 1.29 bits per heavy atom. The molecule has 0 saturated carbocycles. The predicted octanol–water partition coefficient (Wildman–Crippen LogP) is 4.46. The van der Waals surface area contributed by atoms with Gasteiger partial charge in [-0.05, 0) is 34.1 Å². The minimum atomic E-state index is -0.388. The maximum Gasteiger partial charge on any atom is 0.255 e. The number of benzene rings is 2.